The molecule has 4 aromatic rings. The third-order valence-corrected chi connectivity index (χ3v) is 4.62. The number of fused-ring (bicyclic) bond motifs is 3. The number of nitrogens with two attached hydrogens (primary N) is 1. The van der Waals surface area contributed by atoms with Crippen LogP contribution in [0.1, 0.15) is 16.1 Å². The summed E-state index contributed by atoms with van der Waals surface area (Å²) in [5, 5.41) is 10.9. The van der Waals surface area contributed by atoms with Crippen LogP contribution in [0.15, 0.2) is 59.0 Å². The van der Waals surface area contributed by atoms with Crippen molar-refractivity contribution in [1.29, 1.82) is 5.41 Å². The average molecular weight is 415 g/mol. The first-order chi connectivity index (χ1) is 13.4. The summed E-state index contributed by atoms with van der Waals surface area (Å²) in [5.74, 6) is 0.107. The molecule has 0 saturated carbocycles. The Morgan fingerprint density at radius 3 is 2.36 bits per heavy atom. The average Bonchev–Trinajstić information content (AvgIpc) is 3.13. The Bertz CT molecular complexity index is 1160. The van der Waals surface area contributed by atoms with Gasteiger partial charge < -0.3 is 20.3 Å². The van der Waals surface area contributed by atoms with Crippen molar-refractivity contribution in [3.63, 3.8) is 0 Å². The Morgan fingerprint density at radius 1 is 1.07 bits per heavy atom. The molecule has 0 spiro atoms. The minimum Gasteiger partial charge on any atom is -0.494 e. The molecule has 0 radical (unpaired) electrons. The molecule has 1 heterocycles. The number of carbonyl (C=O) groups is 1. The molecule has 0 bridgehead atoms. The van der Waals surface area contributed by atoms with E-state index in [1.807, 2.05) is 36.4 Å². The van der Waals surface area contributed by atoms with Crippen LogP contribution in [0.4, 0.5) is 0 Å². The zero-order chi connectivity index (χ0) is 20.3. The van der Waals surface area contributed by atoms with Gasteiger partial charge in [0.1, 0.15) is 5.58 Å². The number of halogens is 2. The van der Waals surface area contributed by atoms with Gasteiger partial charge in [-0.25, -0.2) is 0 Å². The van der Waals surface area contributed by atoms with Crippen molar-refractivity contribution >= 4 is 57.1 Å². The summed E-state index contributed by atoms with van der Waals surface area (Å²) in [5.41, 5.74) is 6.53. The maximum absolute atomic E-state index is 11.0. The molecule has 142 valence electrons. The summed E-state index contributed by atoms with van der Waals surface area (Å²) >= 11 is 11.6. The Kier molecular flexibility index (Phi) is 5.87. The van der Waals surface area contributed by atoms with E-state index in [-0.39, 0.29) is 5.76 Å². The van der Waals surface area contributed by atoms with Crippen LogP contribution in [0.5, 0.6) is 5.75 Å². The highest BCUT2D eigenvalue weighted by molar-refractivity contribution is 6.37. The molecule has 7 heteroatoms. The van der Waals surface area contributed by atoms with Crippen LogP contribution in [-0.2, 0) is 0 Å². The van der Waals surface area contributed by atoms with E-state index in [0.29, 0.717) is 26.9 Å². The Hall–Kier alpha value is -3.02. The molecule has 0 aliphatic rings. The quantitative estimate of drug-likeness (QED) is 0.422. The molecule has 1 aromatic heterocycles. The SMILES string of the molecule is COc1c(Cl)cc(C=N)cc1Cl.NC(=O)c1cc2c(ccc3ccccc32)o1. The number of benzene rings is 3. The standard InChI is InChI=1S/C13H9NO2.C8H7Cl2NO/c14-13(15)12-7-10-9-4-2-1-3-8(9)5-6-11(10)16-12;1-12-8-6(9)2-5(4-11)3-7(8)10/h1-7H,(H2,14,15);2-4,11H,1H3. The van der Waals surface area contributed by atoms with Crippen LogP contribution in [0.25, 0.3) is 21.7 Å². The summed E-state index contributed by atoms with van der Waals surface area (Å²) in [7, 11) is 1.50. The van der Waals surface area contributed by atoms with E-state index in [0.717, 1.165) is 16.2 Å². The maximum atomic E-state index is 11.0. The highest BCUT2D eigenvalue weighted by atomic mass is 35.5. The molecule has 0 fully saturated rings. The van der Waals surface area contributed by atoms with E-state index in [9.17, 15) is 4.79 Å². The number of amides is 1. The van der Waals surface area contributed by atoms with Crippen LogP contribution in [0.2, 0.25) is 10.0 Å². The van der Waals surface area contributed by atoms with E-state index < -0.39 is 5.91 Å². The number of hydrogen-bond acceptors (Lipinski definition) is 4. The highest BCUT2D eigenvalue weighted by Crippen LogP contribution is 2.33. The topological polar surface area (TPSA) is 89.3 Å². The molecule has 3 N–H and O–H groups in total. The number of hydrogen-bond donors (Lipinski definition) is 2. The van der Waals surface area contributed by atoms with Crippen molar-refractivity contribution in [2.24, 2.45) is 5.73 Å². The van der Waals surface area contributed by atoms with Crippen molar-refractivity contribution in [2.45, 2.75) is 0 Å². The van der Waals surface area contributed by atoms with E-state index in [4.69, 9.17) is 43.5 Å². The first-order valence-electron chi connectivity index (χ1n) is 8.19. The van der Waals surface area contributed by atoms with Gasteiger partial charge in [-0.2, -0.15) is 0 Å². The monoisotopic (exact) mass is 414 g/mol. The van der Waals surface area contributed by atoms with Gasteiger partial charge in [-0.3, -0.25) is 4.79 Å². The van der Waals surface area contributed by atoms with E-state index in [1.54, 1.807) is 18.2 Å². The van der Waals surface area contributed by atoms with Crippen molar-refractivity contribution in [3.05, 3.63) is 76.0 Å². The van der Waals surface area contributed by atoms with Gasteiger partial charge >= 0.3 is 0 Å². The molecule has 0 atom stereocenters. The molecule has 4 rings (SSSR count). The molecule has 0 aliphatic heterocycles. The minimum absolute atomic E-state index is 0.200. The van der Waals surface area contributed by atoms with Crippen molar-refractivity contribution < 1.29 is 13.9 Å². The van der Waals surface area contributed by atoms with Crippen LogP contribution in [0, 0.1) is 5.41 Å². The van der Waals surface area contributed by atoms with Gasteiger partial charge in [0.25, 0.3) is 5.91 Å². The van der Waals surface area contributed by atoms with Gasteiger partial charge in [0.05, 0.1) is 17.2 Å². The predicted molar refractivity (Wildman–Crippen MR) is 113 cm³/mol. The zero-order valence-electron chi connectivity index (χ0n) is 14.8. The van der Waals surface area contributed by atoms with Crippen LogP contribution >= 0.6 is 23.2 Å². The Morgan fingerprint density at radius 2 is 1.75 bits per heavy atom. The normalized spacial score (nSPS) is 10.4. The fraction of sp³-hybridized carbons (Fsp3) is 0.0476. The molecule has 5 nitrogen and oxygen atoms in total. The Balaban J connectivity index is 0.000000169. The maximum Gasteiger partial charge on any atom is 0.284 e. The molecule has 0 aliphatic carbocycles. The summed E-state index contributed by atoms with van der Waals surface area (Å²) in [6, 6.07) is 16.7. The molecule has 1 amide bonds. The lowest BCUT2D eigenvalue weighted by molar-refractivity contribution is 0.0976. The second-order valence-electron chi connectivity index (χ2n) is 5.84. The molecule has 0 unspecified atom stereocenters. The fourth-order valence-electron chi connectivity index (χ4n) is 2.77. The smallest absolute Gasteiger partial charge is 0.284 e. The lowest BCUT2D eigenvalue weighted by atomic mass is 10.1. The van der Waals surface area contributed by atoms with Gasteiger partial charge in [-0.05, 0) is 40.6 Å². The second-order valence-corrected chi connectivity index (χ2v) is 6.65. The summed E-state index contributed by atoms with van der Waals surface area (Å²) < 4.78 is 10.3. The number of methoxy groups -OCH3 is 1. The lowest BCUT2D eigenvalue weighted by Crippen LogP contribution is -2.08. The Labute approximate surface area is 171 Å². The van der Waals surface area contributed by atoms with Crippen molar-refractivity contribution in [3.8, 4) is 5.75 Å². The molecular weight excluding hydrogens is 399 g/mol. The third-order valence-electron chi connectivity index (χ3n) is 4.06. The zero-order valence-corrected chi connectivity index (χ0v) is 16.3. The second kappa shape index (κ2) is 8.33. The van der Waals surface area contributed by atoms with Crippen LogP contribution in [0.3, 0.4) is 0 Å². The van der Waals surface area contributed by atoms with E-state index in [2.05, 4.69) is 0 Å². The van der Waals surface area contributed by atoms with E-state index in [1.165, 1.54) is 13.3 Å². The van der Waals surface area contributed by atoms with Gasteiger partial charge in [-0.15, -0.1) is 0 Å². The van der Waals surface area contributed by atoms with E-state index >= 15 is 0 Å². The first-order valence-corrected chi connectivity index (χ1v) is 8.94. The van der Waals surface area contributed by atoms with Crippen LogP contribution in [-0.4, -0.2) is 19.2 Å². The van der Waals surface area contributed by atoms with Gasteiger partial charge in [0, 0.05) is 11.6 Å². The molecule has 3 aromatic carbocycles. The largest absolute Gasteiger partial charge is 0.494 e. The number of furan rings is 1. The lowest BCUT2D eigenvalue weighted by Gasteiger charge is -2.05. The number of nitrogens with one attached hydrogen (secondary N) is 1. The molecule has 28 heavy (non-hydrogen) atoms. The molecular formula is C21H16Cl2N2O3. The number of rotatable bonds is 3. The predicted octanol–water partition coefficient (Wildman–Crippen LogP) is 5.68. The van der Waals surface area contributed by atoms with Gasteiger partial charge in [-0.1, -0.05) is 53.5 Å². The highest BCUT2D eigenvalue weighted by Gasteiger charge is 2.10. The number of primary amides is 1. The van der Waals surface area contributed by atoms with Gasteiger partial charge in [0.15, 0.2) is 11.5 Å². The summed E-state index contributed by atoms with van der Waals surface area (Å²) in [6.07, 6.45) is 1.18. The summed E-state index contributed by atoms with van der Waals surface area (Å²) in [4.78, 5) is 11.0. The number of carbonyl (C=O) groups excluding carboxylic acids is 1. The molecule has 0 saturated heterocycles. The minimum atomic E-state index is -0.541. The first kappa shape index (κ1) is 19.7. The van der Waals surface area contributed by atoms with Crippen molar-refractivity contribution in [2.75, 3.05) is 7.11 Å². The van der Waals surface area contributed by atoms with Crippen molar-refractivity contribution in [1.82, 2.24) is 0 Å². The summed E-state index contributed by atoms with van der Waals surface area (Å²) in [6.45, 7) is 0. The number of ether oxygens (including phenoxy) is 1. The van der Waals surface area contributed by atoms with Crippen LogP contribution < -0.4 is 10.5 Å². The van der Waals surface area contributed by atoms with Gasteiger partial charge in [0.2, 0.25) is 0 Å². The fourth-order valence-corrected chi connectivity index (χ4v) is 3.43. The third kappa shape index (κ3) is 3.96.